The first-order chi connectivity index (χ1) is 41.7. The second-order valence-corrected chi connectivity index (χ2v) is 23.5. The van der Waals surface area contributed by atoms with Gasteiger partial charge in [0.15, 0.2) is 0 Å². The number of sulfonamides is 1. The predicted molar refractivity (Wildman–Crippen MR) is 320 cm³/mol. The van der Waals surface area contributed by atoms with Crippen LogP contribution in [0.3, 0.4) is 0 Å². The number of methoxy groups -OCH3 is 2. The van der Waals surface area contributed by atoms with Crippen molar-refractivity contribution in [1.29, 1.82) is 0 Å². The fourth-order valence-electron chi connectivity index (χ4n) is 10.2. The van der Waals surface area contributed by atoms with Gasteiger partial charge < -0.3 is 71.1 Å². The summed E-state index contributed by atoms with van der Waals surface area (Å²) in [6.45, 7) is 9.35. The van der Waals surface area contributed by atoms with Crippen LogP contribution < -0.4 is 42.4 Å². The first-order valence-electron chi connectivity index (χ1n) is 29.3. The van der Waals surface area contributed by atoms with Gasteiger partial charge in [0.25, 0.3) is 27.7 Å². The maximum Gasteiger partial charge on any atom is 0.312 e. The molecule has 9 N–H and O–H groups in total. The smallest absolute Gasteiger partial charge is 0.312 e. The Morgan fingerprint density at radius 1 is 0.739 bits per heavy atom. The van der Waals surface area contributed by atoms with Crippen molar-refractivity contribution in [3.63, 3.8) is 0 Å². The number of likely N-dealkylation sites (tertiary alicyclic amines) is 1. The van der Waals surface area contributed by atoms with Crippen molar-refractivity contribution in [3.05, 3.63) is 36.4 Å². The quantitative estimate of drug-likeness (QED) is 0.0276. The summed E-state index contributed by atoms with van der Waals surface area (Å²) in [4.78, 5) is 146. The highest BCUT2D eigenvalue weighted by molar-refractivity contribution is 7.90. The van der Waals surface area contributed by atoms with Crippen molar-refractivity contribution in [2.75, 3.05) is 120 Å². The molecule has 494 valence electrons. The summed E-state index contributed by atoms with van der Waals surface area (Å²) in [7, 11) is 3.57. The zero-order valence-electron chi connectivity index (χ0n) is 52.2. The summed E-state index contributed by atoms with van der Waals surface area (Å²) in [6, 6.07) is 1.15. The average Bonchev–Trinajstić information content (AvgIpc) is 2.57. The number of urea groups is 1. The summed E-state index contributed by atoms with van der Waals surface area (Å²) >= 11 is 0. The molecule has 2 heterocycles. The van der Waals surface area contributed by atoms with Gasteiger partial charge in [-0.2, -0.15) is 0 Å². The largest absolute Gasteiger partial charge is 0.379 e. The summed E-state index contributed by atoms with van der Waals surface area (Å²) in [5.74, 6) is -6.45. The molecule has 1 aromatic carbocycles. The number of ether oxygens (including phenoxy) is 5. The van der Waals surface area contributed by atoms with Gasteiger partial charge >= 0.3 is 6.03 Å². The third-order valence-corrected chi connectivity index (χ3v) is 16.3. The lowest BCUT2D eigenvalue weighted by molar-refractivity contribution is -0.146. The van der Waals surface area contributed by atoms with Gasteiger partial charge in [0.05, 0.1) is 113 Å². The van der Waals surface area contributed by atoms with E-state index in [0.29, 0.717) is 25.8 Å². The third kappa shape index (κ3) is 24.8. The highest BCUT2D eigenvalue weighted by Crippen LogP contribution is 2.29. The summed E-state index contributed by atoms with van der Waals surface area (Å²) in [6.07, 6.45) is 2.53. The van der Waals surface area contributed by atoms with Crippen LogP contribution in [-0.2, 0) is 81.7 Å². The predicted octanol–water partition coefficient (Wildman–Crippen LogP) is -1.42. The third-order valence-electron chi connectivity index (χ3n) is 14.9. The number of hydrogen-bond donors (Lipinski definition) is 8. The minimum absolute atomic E-state index is 0.000462. The molecule has 1 aromatic rings. The molecular formula is C57H92N12O18S. The Labute approximate surface area is 515 Å². The van der Waals surface area contributed by atoms with Gasteiger partial charge in [-0.15, -0.1) is 0 Å². The maximum absolute atomic E-state index is 14.2. The van der Waals surface area contributed by atoms with Crippen LogP contribution in [0.1, 0.15) is 79.6 Å². The Morgan fingerprint density at radius 2 is 1.34 bits per heavy atom. The first kappa shape index (κ1) is 75.1. The van der Waals surface area contributed by atoms with E-state index in [1.807, 2.05) is 32.4 Å². The van der Waals surface area contributed by atoms with Crippen molar-refractivity contribution in [2.45, 2.75) is 121 Å². The van der Waals surface area contributed by atoms with E-state index in [1.165, 1.54) is 43.4 Å². The van der Waals surface area contributed by atoms with Crippen LogP contribution >= 0.6 is 0 Å². The van der Waals surface area contributed by atoms with Gasteiger partial charge in [0, 0.05) is 58.6 Å². The van der Waals surface area contributed by atoms with Crippen LogP contribution in [-0.4, -0.2) is 244 Å². The number of nitrogens with one attached hydrogen (secondary N) is 7. The van der Waals surface area contributed by atoms with Crippen molar-refractivity contribution in [1.82, 2.24) is 50.9 Å². The number of amides is 12. The summed E-state index contributed by atoms with van der Waals surface area (Å²) < 4.78 is 56.4. The number of likely N-dealkylation sites (N-methyl/N-ethyl adjacent to an activating group) is 2. The highest BCUT2D eigenvalue weighted by atomic mass is 32.2. The Morgan fingerprint density at radius 3 is 1.92 bits per heavy atom. The van der Waals surface area contributed by atoms with Gasteiger partial charge in [-0.1, -0.05) is 41.0 Å². The van der Waals surface area contributed by atoms with Crippen molar-refractivity contribution < 1.29 is 84.8 Å². The molecule has 1 unspecified atom stereocenters. The number of nitrogens with zero attached hydrogens (tertiary/aromatic N) is 4. The van der Waals surface area contributed by atoms with E-state index in [-0.39, 0.29) is 125 Å². The number of carbonyl (C=O) groups excluding carboxylic acids is 11. The first-order valence-corrected chi connectivity index (χ1v) is 30.8. The van der Waals surface area contributed by atoms with Crippen molar-refractivity contribution in [2.24, 2.45) is 23.5 Å². The molecule has 0 aliphatic carbocycles. The minimum Gasteiger partial charge on any atom is -0.379 e. The Balaban J connectivity index is 1.50. The van der Waals surface area contributed by atoms with E-state index < -0.39 is 113 Å². The van der Waals surface area contributed by atoms with E-state index in [1.54, 1.807) is 37.9 Å². The normalized spacial score (nSPS) is 16.5. The second-order valence-electron chi connectivity index (χ2n) is 21.9. The molecule has 8 atom stereocenters. The number of imide groups is 1. The molecule has 0 aromatic heterocycles. The second kappa shape index (κ2) is 38.3. The fraction of sp³-hybridized carbons (Fsp3) is 0.667. The van der Waals surface area contributed by atoms with Gasteiger partial charge in [0.2, 0.25) is 41.4 Å². The number of hydrogen-bond acceptors (Lipinski definition) is 19. The fourth-order valence-corrected chi connectivity index (χ4v) is 11.2. The lowest BCUT2D eigenvalue weighted by Gasteiger charge is -2.39. The summed E-state index contributed by atoms with van der Waals surface area (Å²) in [5, 5.41) is 15.2. The van der Waals surface area contributed by atoms with E-state index in [0.717, 1.165) is 17.0 Å². The van der Waals surface area contributed by atoms with Crippen LogP contribution in [0.5, 0.6) is 0 Å². The molecule has 2 aliphatic rings. The molecule has 1 fully saturated rings. The van der Waals surface area contributed by atoms with Crippen LogP contribution in [0.15, 0.2) is 41.3 Å². The van der Waals surface area contributed by atoms with E-state index in [2.05, 4.69) is 31.9 Å². The SMILES string of the molecule is CC[C@H](C)[C@@H]([C@@H](CC(=O)N1CCC[C@H]1[C@H](OC)[C@@H](C)C(=O)NCC(=O)NS(=O)(=O)c1ccc(NC(=O)[C@H](CCCNC(N)=O)NC(=O)CNC(=O)CCOCCOCCOCCN2C(=O)C=CC2=O)cc1)OC)N(C)C(=O)CNC(=O)C(C(C)C)N(C)C. The monoisotopic (exact) mass is 1260 g/mol. The molecule has 0 radical (unpaired) electrons. The van der Waals surface area contributed by atoms with Gasteiger partial charge in [-0.05, 0) is 75.9 Å². The number of nitrogens with two attached hydrogens (primary N) is 1. The molecule has 2 aliphatic heterocycles. The topological polar surface area (TPSA) is 391 Å². The molecule has 1 saturated heterocycles. The molecule has 12 amide bonds. The van der Waals surface area contributed by atoms with E-state index >= 15 is 0 Å². The standard InChI is InChI=1S/C57H92N12O18S/c1-11-37(4)52(67(8)50(76)35-62-56(79)51(36(2)3)66(6)7)43(83-9)32-49(75)68-24-13-15-42(68)53(84-10)38(5)54(77)61-34-46(72)65-88(81,82)40-18-16-39(17-19-40)63-55(78)41(14-12-23-59-57(58)80)64-45(71)33-60-44(70)22-26-85-28-30-87-31-29-86-27-25-69-47(73)20-21-48(69)74/h16-21,36-38,41-43,51-53H,11-15,22-35H2,1-10H3,(H,60,70)(H,61,77)(H,62,79)(H,63,78)(H,64,71)(H,65,72)(H3,58,59,80)/t37-,38+,41-,42-,43+,51?,52-,53+/m0/s1. The van der Waals surface area contributed by atoms with E-state index in [4.69, 9.17) is 29.4 Å². The van der Waals surface area contributed by atoms with Gasteiger partial charge in [-0.3, -0.25) is 57.7 Å². The molecule has 0 bridgehead atoms. The summed E-state index contributed by atoms with van der Waals surface area (Å²) in [5.41, 5.74) is 5.25. The van der Waals surface area contributed by atoms with E-state index in [9.17, 15) is 61.2 Å². The molecule has 3 rings (SSSR count). The van der Waals surface area contributed by atoms with Gasteiger partial charge in [-0.25, -0.2) is 17.9 Å². The number of carbonyl (C=O) groups is 11. The van der Waals surface area contributed by atoms with Crippen LogP contribution in [0.4, 0.5) is 10.5 Å². The molecule has 30 nitrogen and oxygen atoms in total. The van der Waals surface area contributed by atoms with Crippen LogP contribution in [0.2, 0.25) is 0 Å². The zero-order valence-corrected chi connectivity index (χ0v) is 53.0. The molecule has 0 spiro atoms. The zero-order chi connectivity index (χ0) is 65.7. The van der Waals surface area contributed by atoms with Crippen LogP contribution in [0.25, 0.3) is 0 Å². The van der Waals surface area contributed by atoms with Crippen molar-refractivity contribution in [3.8, 4) is 0 Å². The van der Waals surface area contributed by atoms with Crippen LogP contribution in [0, 0.1) is 17.8 Å². The number of primary amides is 1. The lowest BCUT2D eigenvalue weighted by Crippen LogP contribution is -2.55. The number of anilines is 1. The van der Waals surface area contributed by atoms with Gasteiger partial charge in [0.1, 0.15) is 6.04 Å². The minimum atomic E-state index is -4.52. The molecular weight excluding hydrogens is 1170 g/mol. The maximum atomic E-state index is 14.2. The number of rotatable bonds is 41. The number of benzene rings is 1. The molecule has 88 heavy (non-hydrogen) atoms. The lowest BCUT2D eigenvalue weighted by atomic mass is 9.90. The molecule has 31 heteroatoms. The Bertz CT molecular complexity index is 2640. The highest BCUT2D eigenvalue weighted by Gasteiger charge is 2.42. The molecule has 0 saturated carbocycles. The average molecular weight is 1270 g/mol. The van der Waals surface area contributed by atoms with Crippen molar-refractivity contribution >= 4 is 80.8 Å². The Hall–Kier alpha value is -7.16. The Kier molecular flexibility index (Phi) is 32.7.